The summed E-state index contributed by atoms with van der Waals surface area (Å²) in [5.41, 5.74) is -0.279. The second-order valence-electron chi connectivity index (χ2n) is 5.05. The van der Waals surface area contributed by atoms with E-state index in [4.69, 9.17) is 14.7 Å². The van der Waals surface area contributed by atoms with Crippen molar-refractivity contribution in [1.29, 1.82) is 5.26 Å². The van der Waals surface area contributed by atoms with Crippen molar-refractivity contribution in [3.63, 3.8) is 0 Å². The van der Waals surface area contributed by atoms with Gasteiger partial charge in [-0.25, -0.2) is 4.79 Å². The lowest BCUT2D eigenvalue weighted by Crippen LogP contribution is -2.24. The number of nitriles is 1. The normalized spacial score (nSPS) is 9.78. The van der Waals surface area contributed by atoms with E-state index in [-0.39, 0.29) is 23.5 Å². The van der Waals surface area contributed by atoms with Gasteiger partial charge in [0.05, 0.1) is 16.2 Å². The number of carbonyl (C=O) groups excluding carboxylic acids is 2. The summed E-state index contributed by atoms with van der Waals surface area (Å²) < 4.78 is 10.9. The lowest BCUT2D eigenvalue weighted by molar-refractivity contribution is -0.384. The molecule has 0 unspecified atom stereocenters. The first kappa shape index (κ1) is 19.9. The molecule has 0 saturated carbocycles. The van der Waals surface area contributed by atoms with Crippen LogP contribution in [-0.2, 0) is 14.3 Å². The van der Waals surface area contributed by atoms with E-state index >= 15 is 0 Å². The van der Waals surface area contributed by atoms with Gasteiger partial charge in [-0.2, -0.15) is 5.26 Å². The van der Waals surface area contributed by atoms with Gasteiger partial charge in [0, 0.05) is 16.6 Å². The summed E-state index contributed by atoms with van der Waals surface area (Å²) >= 11 is 3.27. The first-order valence-corrected chi connectivity index (χ1v) is 8.20. The average Bonchev–Trinajstić information content (AvgIpc) is 2.66. The first-order valence-electron chi connectivity index (χ1n) is 7.41. The van der Waals surface area contributed by atoms with Crippen molar-refractivity contribution in [3.05, 3.63) is 62.6 Å². The standard InChI is InChI=1S/C17H12BrN3O6/c18-12-1-4-14(5-2-12)26-10-17(23)27-9-16(22)20-15-6-3-13(21(24)25)7-11(15)8-19/h1-7H,9-10H2,(H,20,22). The minimum Gasteiger partial charge on any atom is -0.482 e. The third-order valence-corrected chi connectivity index (χ3v) is 3.67. The number of nitro benzene ring substituents is 1. The summed E-state index contributed by atoms with van der Waals surface area (Å²) in [4.78, 5) is 33.5. The molecule has 0 atom stereocenters. The maximum Gasteiger partial charge on any atom is 0.344 e. The van der Waals surface area contributed by atoms with E-state index in [0.717, 1.165) is 16.6 Å². The number of carbonyl (C=O) groups is 2. The van der Waals surface area contributed by atoms with Crippen LogP contribution in [0.15, 0.2) is 46.9 Å². The lowest BCUT2D eigenvalue weighted by Gasteiger charge is -2.09. The van der Waals surface area contributed by atoms with Crippen LogP contribution >= 0.6 is 15.9 Å². The van der Waals surface area contributed by atoms with Crippen molar-refractivity contribution in [2.24, 2.45) is 0 Å². The zero-order valence-corrected chi connectivity index (χ0v) is 15.3. The number of nitrogens with one attached hydrogen (secondary N) is 1. The number of esters is 1. The average molecular weight is 434 g/mol. The van der Waals surface area contributed by atoms with Gasteiger partial charge in [0.2, 0.25) is 0 Å². The minimum absolute atomic E-state index is 0.0789. The van der Waals surface area contributed by atoms with Gasteiger partial charge in [0.1, 0.15) is 11.8 Å². The largest absolute Gasteiger partial charge is 0.482 e. The summed E-state index contributed by atoms with van der Waals surface area (Å²) in [5, 5.41) is 22.1. The van der Waals surface area contributed by atoms with Crippen LogP contribution in [0.5, 0.6) is 5.75 Å². The number of nitro groups is 1. The van der Waals surface area contributed by atoms with Crippen LogP contribution in [-0.4, -0.2) is 30.0 Å². The molecular weight excluding hydrogens is 422 g/mol. The minimum atomic E-state index is -0.753. The third-order valence-electron chi connectivity index (χ3n) is 3.14. The van der Waals surface area contributed by atoms with Gasteiger partial charge < -0.3 is 14.8 Å². The van der Waals surface area contributed by atoms with Crippen molar-refractivity contribution < 1.29 is 24.0 Å². The van der Waals surface area contributed by atoms with E-state index in [1.807, 2.05) is 0 Å². The van der Waals surface area contributed by atoms with Crippen molar-refractivity contribution in [2.75, 3.05) is 18.5 Å². The second-order valence-corrected chi connectivity index (χ2v) is 5.97. The van der Waals surface area contributed by atoms with Gasteiger partial charge in [-0.15, -0.1) is 0 Å². The van der Waals surface area contributed by atoms with Crippen LogP contribution < -0.4 is 10.1 Å². The van der Waals surface area contributed by atoms with Crippen molar-refractivity contribution in [2.45, 2.75) is 0 Å². The Morgan fingerprint density at radius 1 is 1.19 bits per heavy atom. The quantitative estimate of drug-likeness (QED) is 0.403. The second kappa shape index (κ2) is 9.30. The first-order chi connectivity index (χ1) is 12.9. The van der Waals surface area contributed by atoms with Gasteiger partial charge in [-0.1, -0.05) is 15.9 Å². The molecule has 0 aliphatic carbocycles. The zero-order valence-electron chi connectivity index (χ0n) is 13.7. The number of halogens is 1. The monoisotopic (exact) mass is 433 g/mol. The molecule has 0 aliphatic rings. The maximum atomic E-state index is 11.8. The molecule has 0 bridgehead atoms. The molecule has 138 valence electrons. The summed E-state index contributed by atoms with van der Waals surface area (Å²) in [6.07, 6.45) is 0. The molecule has 0 aliphatic heterocycles. The predicted molar refractivity (Wildman–Crippen MR) is 97.0 cm³/mol. The van der Waals surface area contributed by atoms with Gasteiger partial charge in [0.25, 0.3) is 11.6 Å². The Balaban J connectivity index is 1.83. The summed E-state index contributed by atoms with van der Waals surface area (Å²) in [6, 6.07) is 12.0. The molecule has 1 amide bonds. The fourth-order valence-corrected chi connectivity index (χ4v) is 2.16. The molecule has 0 heterocycles. The van der Waals surface area contributed by atoms with E-state index < -0.39 is 23.4 Å². The van der Waals surface area contributed by atoms with Crippen LogP contribution in [0.2, 0.25) is 0 Å². The Labute approximate surface area is 161 Å². The van der Waals surface area contributed by atoms with Crippen LogP contribution in [0.1, 0.15) is 5.56 Å². The predicted octanol–water partition coefficient (Wildman–Crippen LogP) is 2.79. The summed E-state index contributed by atoms with van der Waals surface area (Å²) in [7, 11) is 0. The molecule has 27 heavy (non-hydrogen) atoms. The highest BCUT2D eigenvalue weighted by Gasteiger charge is 2.14. The van der Waals surface area contributed by atoms with E-state index in [1.54, 1.807) is 30.3 Å². The zero-order chi connectivity index (χ0) is 19.8. The van der Waals surface area contributed by atoms with Gasteiger partial charge in [-0.3, -0.25) is 14.9 Å². The Hall–Kier alpha value is -3.45. The molecule has 0 spiro atoms. The maximum absolute atomic E-state index is 11.8. The van der Waals surface area contributed by atoms with Crippen LogP contribution in [0.25, 0.3) is 0 Å². The molecule has 9 nitrogen and oxygen atoms in total. The molecule has 2 aromatic carbocycles. The fourth-order valence-electron chi connectivity index (χ4n) is 1.89. The Kier molecular flexibility index (Phi) is 6.85. The molecule has 0 aromatic heterocycles. The van der Waals surface area contributed by atoms with E-state index in [9.17, 15) is 19.7 Å². The van der Waals surface area contributed by atoms with Crippen LogP contribution in [0, 0.1) is 21.4 Å². The molecule has 0 fully saturated rings. The highest BCUT2D eigenvalue weighted by atomic mass is 79.9. The number of nitrogens with zero attached hydrogens (tertiary/aromatic N) is 2. The summed E-state index contributed by atoms with van der Waals surface area (Å²) in [6.45, 7) is -0.972. The Morgan fingerprint density at radius 3 is 2.52 bits per heavy atom. The van der Waals surface area contributed by atoms with Crippen LogP contribution in [0.3, 0.4) is 0 Å². The molecule has 2 aromatic rings. The number of non-ortho nitro benzene ring substituents is 1. The highest BCUT2D eigenvalue weighted by Crippen LogP contribution is 2.21. The topological polar surface area (TPSA) is 132 Å². The van der Waals surface area contributed by atoms with Crippen molar-refractivity contribution in [1.82, 2.24) is 0 Å². The number of hydrogen-bond acceptors (Lipinski definition) is 7. The number of hydrogen-bond donors (Lipinski definition) is 1. The molecular formula is C17H12BrN3O6. The molecule has 0 saturated heterocycles. The third kappa shape index (κ3) is 6.09. The van der Waals surface area contributed by atoms with Gasteiger partial charge in [0.15, 0.2) is 13.2 Å². The van der Waals surface area contributed by atoms with Crippen LogP contribution in [0.4, 0.5) is 11.4 Å². The van der Waals surface area contributed by atoms with E-state index in [0.29, 0.717) is 5.75 Å². The number of ether oxygens (including phenoxy) is 2. The smallest absolute Gasteiger partial charge is 0.344 e. The number of rotatable bonds is 7. The Bertz CT molecular complexity index is 908. The molecule has 10 heteroatoms. The number of benzene rings is 2. The van der Waals surface area contributed by atoms with E-state index in [1.165, 1.54) is 6.07 Å². The Morgan fingerprint density at radius 2 is 1.89 bits per heavy atom. The van der Waals surface area contributed by atoms with E-state index in [2.05, 4.69) is 21.2 Å². The summed E-state index contributed by atoms with van der Waals surface area (Å²) in [5.74, 6) is -0.987. The number of amides is 1. The van der Waals surface area contributed by atoms with Crippen molar-refractivity contribution >= 4 is 39.2 Å². The molecule has 1 N–H and O–H groups in total. The SMILES string of the molecule is N#Cc1cc([N+](=O)[O-])ccc1NC(=O)COC(=O)COc1ccc(Br)cc1. The molecule has 0 radical (unpaired) electrons. The van der Waals surface area contributed by atoms with Gasteiger partial charge in [-0.05, 0) is 30.3 Å². The van der Waals surface area contributed by atoms with Crippen molar-refractivity contribution in [3.8, 4) is 11.8 Å². The lowest BCUT2D eigenvalue weighted by atomic mass is 10.1. The van der Waals surface area contributed by atoms with Gasteiger partial charge >= 0.3 is 5.97 Å². The number of anilines is 1. The molecule has 2 rings (SSSR count). The highest BCUT2D eigenvalue weighted by molar-refractivity contribution is 9.10. The fraction of sp³-hybridized carbons (Fsp3) is 0.118.